The van der Waals surface area contributed by atoms with Gasteiger partial charge in [-0.1, -0.05) is 32.4 Å². The van der Waals surface area contributed by atoms with Crippen molar-refractivity contribution < 1.29 is 0 Å². The van der Waals surface area contributed by atoms with Crippen molar-refractivity contribution in [2.45, 2.75) is 39.8 Å². The zero-order valence-electron chi connectivity index (χ0n) is 10.2. The predicted octanol–water partition coefficient (Wildman–Crippen LogP) is 3.05. The van der Waals surface area contributed by atoms with Crippen LogP contribution in [0.2, 0.25) is 5.02 Å². The first-order valence-corrected chi connectivity index (χ1v) is 6.14. The second-order valence-corrected chi connectivity index (χ2v) is 4.49. The Labute approximate surface area is 103 Å². The molecule has 1 aromatic heterocycles. The lowest BCUT2D eigenvalue weighted by molar-refractivity contribution is 0.582. The van der Waals surface area contributed by atoms with Crippen LogP contribution in [0.4, 0.5) is 5.82 Å². The molecular formula is C12H20ClN3. The van der Waals surface area contributed by atoms with Crippen molar-refractivity contribution in [3.8, 4) is 0 Å². The molecule has 0 atom stereocenters. The molecule has 0 bridgehead atoms. The summed E-state index contributed by atoms with van der Waals surface area (Å²) in [5.74, 6) is 0.895. The highest BCUT2D eigenvalue weighted by Crippen LogP contribution is 2.16. The monoisotopic (exact) mass is 241 g/mol. The fraction of sp³-hybridized carbons (Fsp3) is 0.583. The number of halogens is 1. The highest BCUT2D eigenvalue weighted by molar-refractivity contribution is 6.31. The Balaban J connectivity index is 2.66. The highest BCUT2D eigenvalue weighted by Gasteiger charge is 2.04. The first-order valence-electron chi connectivity index (χ1n) is 5.76. The van der Waals surface area contributed by atoms with Gasteiger partial charge in [-0.15, -0.1) is 0 Å². The molecule has 0 aliphatic carbocycles. The van der Waals surface area contributed by atoms with E-state index in [1.54, 1.807) is 0 Å². The fourth-order valence-electron chi connectivity index (χ4n) is 1.26. The number of rotatable bonds is 6. The minimum Gasteiger partial charge on any atom is -0.370 e. The summed E-state index contributed by atoms with van der Waals surface area (Å²) in [6.45, 7) is 7.98. The number of hydrogen-bond donors (Lipinski definition) is 2. The van der Waals surface area contributed by atoms with Crippen LogP contribution in [0.1, 0.15) is 32.9 Å². The lowest BCUT2D eigenvalue weighted by Gasteiger charge is -2.11. The molecule has 1 rings (SSSR count). The second-order valence-electron chi connectivity index (χ2n) is 4.09. The van der Waals surface area contributed by atoms with Crippen molar-refractivity contribution >= 4 is 17.4 Å². The molecule has 0 aromatic carbocycles. The van der Waals surface area contributed by atoms with Crippen LogP contribution in [0.25, 0.3) is 0 Å². The summed E-state index contributed by atoms with van der Waals surface area (Å²) >= 11 is 6.08. The molecule has 0 saturated carbocycles. The van der Waals surface area contributed by atoms with Gasteiger partial charge in [-0.3, -0.25) is 0 Å². The van der Waals surface area contributed by atoms with Gasteiger partial charge in [-0.2, -0.15) is 0 Å². The Morgan fingerprint density at radius 2 is 2.12 bits per heavy atom. The zero-order valence-corrected chi connectivity index (χ0v) is 10.9. The minimum absolute atomic E-state index is 0.435. The van der Waals surface area contributed by atoms with Crippen molar-refractivity contribution in [2.24, 2.45) is 0 Å². The molecule has 0 radical (unpaired) electrons. The van der Waals surface area contributed by atoms with E-state index >= 15 is 0 Å². The fourth-order valence-corrected chi connectivity index (χ4v) is 1.43. The SMILES string of the molecule is CCCNc1ccc(Cl)c(CNC(C)C)n1. The number of nitrogens with one attached hydrogen (secondary N) is 2. The average molecular weight is 242 g/mol. The van der Waals surface area contributed by atoms with Gasteiger partial charge in [-0.25, -0.2) is 4.98 Å². The molecule has 0 unspecified atom stereocenters. The van der Waals surface area contributed by atoms with Crippen LogP contribution in [0.15, 0.2) is 12.1 Å². The van der Waals surface area contributed by atoms with Gasteiger partial charge in [0.25, 0.3) is 0 Å². The molecule has 90 valence electrons. The van der Waals surface area contributed by atoms with Crippen LogP contribution in [-0.2, 0) is 6.54 Å². The van der Waals surface area contributed by atoms with Crippen molar-refractivity contribution in [3.63, 3.8) is 0 Å². The first kappa shape index (κ1) is 13.3. The van der Waals surface area contributed by atoms with E-state index in [1.165, 1.54) is 0 Å². The number of nitrogens with zero attached hydrogens (tertiary/aromatic N) is 1. The van der Waals surface area contributed by atoms with Crippen LogP contribution in [0, 0.1) is 0 Å². The largest absolute Gasteiger partial charge is 0.370 e. The van der Waals surface area contributed by atoms with E-state index in [1.807, 2.05) is 12.1 Å². The molecule has 0 saturated heterocycles. The lowest BCUT2D eigenvalue weighted by atomic mass is 10.3. The zero-order chi connectivity index (χ0) is 12.0. The maximum absolute atomic E-state index is 6.08. The van der Waals surface area contributed by atoms with Gasteiger partial charge in [0, 0.05) is 19.1 Å². The molecule has 16 heavy (non-hydrogen) atoms. The normalized spacial score (nSPS) is 10.8. The molecule has 4 heteroatoms. The molecule has 0 aliphatic heterocycles. The van der Waals surface area contributed by atoms with Crippen molar-refractivity contribution in [2.75, 3.05) is 11.9 Å². The van der Waals surface area contributed by atoms with E-state index < -0.39 is 0 Å². The number of hydrogen-bond acceptors (Lipinski definition) is 3. The molecule has 3 nitrogen and oxygen atoms in total. The highest BCUT2D eigenvalue weighted by atomic mass is 35.5. The predicted molar refractivity (Wildman–Crippen MR) is 70.0 cm³/mol. The minimum atomic E-state index is 0.435. The van der Waals surface area contributed by atoms with Gasteiger partial charge in [0.2, 0.25) is 0 Å². The smallest absolute Gasteiger partial charge is 0.126 e. The summed E-state index contributed by atoms with van der Waals surface area (Å²) in [4.78, 5) is 4.48. The molecule has 0 spiro atoms. The number of aromatic nitrogens is 1. The second kappa shape index (κ2) is 6.71. The van der Waals surface area contributed by atoms with Gasteiger partial charge in [0.1, 0.15) is 5.82 Å². The Hall–Kier alpha value is -0.800. The van der Waals surface area contributed by atoms with Crippen LogP contribution in [-0.4, -0.2) is 17.6 Å². The number of anilines is 1. The first-order chi connectivity index (χ1) is 7.63. The number of pyridine rings is 1. The Morgan fingerprint density at radius 1 is 1.38 bits per heavy atom. The molecular weight excluding hydrogens is 222 g/mol. The quantitative estimate of drug-likeness (QED) is 0.804. The van der Waals surface area contributed by atoms with Crippen LogP contribution in [0.3, 0.4) is 0 Å². The summed E-state index contributed by atoms with van der Waals surface area (Å²) in [7, 11) is 0. The lowest BCUT2D eigenvalue weighted by Crippen LogP contribution is -2.22. The van der Waals surface area contributed by atoms with E-state index in [4.69, 9.17) is 11.6 Å². The summed E-state index contributed by atoms with van der Waals surface area (Å²) in [6.07, 6.45) is 1.09. The van der Waals surface area contributed by atoms with E-state index in [9.17, 15) is 0 Å². The summed E-state index contributed by atoms with van der Waals surface area (Å²) in [5, 5.41) is 7.28. The van der Waals surface area contributed by atoms with E-state index in [0.29, 0.717) is 12.6 Å². The Kier molecular flexibility index (Phi) is 5.56. The maximum Gasteiger partial charge on any atom is 0.126 e. The Bertz CT molecular complexity index is 326. The molecule has 1 heterocycles. The molecule has 0 amide bonds. The topological polar surface area (TPSA) is 37.0 Å². The summed E-state index contributed by atoms with van der Waals surface area (Å²) in [5.41, 5.74) is 0.900. The van der Waals surface area contributed by atoms with Crippen molar-refractivity contribution in [1.29, 1.82) is 0 Å². The summed E-state index contributed by atoms with van der Waals surface area (Å²) in [6, 6.07) is 4.24. The van der Waals surface area contributed by atoms with E-state index in [2.05, 4.69) is 36.4 Å². The third kappa shape index (κ3) is 4.37. The van der Waals surface area contributed by atoms with Gasteiger partial charge >= 0.3 is 0 Å². The summed E-state index contributed by atoms with van der Waals surface area (Å²) < 4.78 is 0. The molecule has 0 aliphatic rings. The molecule has 0 fully saturated rings. The third-order valence-corrected chi connectivity index (χ3v) is 2.50. The van der Waals surface area contributed by atoms with Crippen molar-refractivity contribution in [1.82, 2.24) is 10.3 Å². The van der Waals surface area contributed by atoms with Gasteiger partial charge in [0.05, 0.1) is 10.7 Å². The van der Waals surface area contributed by atoms with Gasteiger partial charge in [-0.05, 0) is 18.6 Å². The third-order valence-electron chi connectivity index (χ3n) is 2.15. The molecule has 2 N–H and O–H groups in total. The van der Waals surface area contributed by atoms with Crippen molar-refractivity contribution in [3.05, 3.63) is 22.8 Å². The average Bonchev–Trinajstić information content (AvgIpc) is 2.26. The van der Waals surface area contributed by atoms with E-state index in [-0.39, 0.29) is 0 Å². The van der Waals surface area contributed by atoms with Gasteiger partial charge in [0.15, 0.2) is 0 Å². The van der Waals surface area contributed by atoms with Crippen LogP contribution < -0.4 is 10.6 Å². The van der Waals surface area contributed by atoms with Gasteiger partial charge < -0.3 is 10.6 Å². The van der Waals surface area contributed by atoms with Crippen LogP contribution in [0.5, 0.6) is 0 Å². The molecule has 1 aromatic rings. The standard InChI is InChI=1S/C12H20ClN3/c1-4-7-14-12-6-5-10(13)11(16-12)8-15-9(2)3/h5-6,9,15H,4,7-8H2,1-3H3,(H,14,16). The van der Waals surface area contributed by atoms with E-state index in [0.717, 1.165) is 29.5 Å². The van der Waals surface area contributed by atoms with Crippen LogP contribution >= 0.6 is 11.6 Å². The Morgan fingerprint density at radius 3 is 2.75 bits per heavy atom. The maximum atomic E-state index is 6.08.